The monoisotopic (exact) mass is 205 g/mol. The summed E-state index contributed by atoms with van der Waals surface area (Å²) in [6.45, 7) is 0.601. The van der Waals surface area contributed by atoms with Crippen molar-refractivity contribution in [3.05, 3.63) is 24.3 Å². The largest absolute Gasteiger partial charge is 0.330 e. The molecule has 1 heterocycles. The van der Waals surface area contributed by atoms with Crippen LogP contribution in [0.3, 0.4) is 0 Å². The van der Waals surface area contributed by atoms with Crippen LogP contribution < -0.4 is 5.73 Å². The van der Waals surface area contributed by atoms with Gasteiger partial charge in [0.05, 0.1) is 5.56 Å². The SMILES string of the molecule is NC[C@@H]1CCC[C@@H]1C(=O)c1cncnc1. The number of nitrogens with zero attached hydrogens (tertiary/aromatic N) is 2. The van der Waals surface area contributed by atoms with Crippen molar-refractivity contribution in [1.82, 2.24) is 9.97 Å². The quantitative estimate of drug-likeness (QED) is 0.748. The van der Waals surface area contributed by atoms with Gasteiger partial charge >= 0.3 is 0 Å². The van der Waals surface area contributed by atoms with Crippen LogP contribution in [0.2, 0.25) is 0 Å². The Morgan fingerprint density at radius 3 is 2.80 bits per heavy atom. The lowest BCUT2D eigenvalue weighted by Gasteiger charge is -2.15. The lowest BCUT2D eigenvalue weighted by Crippen LogP contribution is -2.25. The van der Waals surface area contributed by atoms with E-state index in [1.54, 1.807) is 12.4 Å². The Bertz CT molecular complexity index is 339. The van der Waals surface area contributed by atoms with Gasteiger partial charge in [0.1, 0.15) is 6.33 Å². The fraction of sp³-hybridized carbons (Fsp3) is 0.545. The maximum Gasteiger partial charge on any atom is 0.169 e. The lowest BCUT2D eigenvalue weighted by atomic mass is 9.89. The molecule has 0 radical (unpaired) electrons. The lowest BCUT2D eigenvalue weighted by molar-refractivity contribution is 0.0892. The molecule has 1 saturated carbocycles. The highest BCUT2D eigenvalue weighted by molar-refractivity contribution is 5.97. The topological polar surface area (TPSA) is 68.9 Å². The molecule has 0 spiro atoms. The van der Waals surface area contributed by atoms with Gasteiger partial charge in [-0.1, -0.05) is 6.42 Å². The first-order chi connectivity index (χ1) is 7.33. The molecule has 1 aliphatic carbocycles. The van der Waals surface area contributed by atoms with E-state index in [0.717, 1.165) is 19.3 Å². The summed E-state index contributed by atoms with van der Waals surface area (Å²) in [5.74, 6) is 0.585. The minimum Gasteiger partial charge on any atom is -0.330 e. The Kier molecular flexibility index (Phi) is 3.06. The summed E-state index contributed by atoms with van der Waals surface area (Å²) in [6.07, 6.45) is 7.73. The fourth-order valence-corrected chi connectivity index (χ4v) is 2.30. The van der Waals surface area contributed by atoms with Crippen molar-refractivity contribution in [2.24, 2.45) is 17.6 Å². The number of aromatic nitrogens is 2. The summed E-state index contributed by atoms with van der Waals surface area (Å²) in [5.41, 5.74) is 6.27. The smallest absolute Gasteiger partial charge is 0.169 e. The van der Waals surface area contributed by atoms with Crippen molar-refractivity contribution in [3.63, 3.8) is 0 Å². The molecule has 1 aliphatic rings. The van der Waals surface area contributed by atoms with E-state index in [1.165, 1.54) is 6.33 Å². The molecule has 1 aromatic rings. The van der Waals surface area contributed by atoms with E-state index in [1.807, 2.05) is 0 Å². The minimum atomic E-state index is 0.0843. The maximum atomic E-state index is 12.1. The van der Waals surface area contributed by atoms with Gasteiger partial charge < -0.3 is 5.73 Å². The van der Waals surface area contributed by atoms with Gasteiger partial charge in [-0.3, -0.25) is 4.79 Å². The number of ketones is 1. The Morgan fingerprint density at radius 1 is 1.40 bits per heavy atom. The van der Waals surface area contributed by atoms with Crippen LogP contribution in [0.1, 0.15) is 29.6 Å². The van der Waals surface area contributed by atoms with E-state index in [-0.39, 0.29) is 11.7 Å². The standard InChI is InChI=1S/C11H15N3O/c12-4-8-2-1-3-10(8)11(15)9-5-13-7-14-6-9/h5-8,10H,1-4,12H2/t8-,10-/m0/s1. The molecular weight excluding hydrogens is 190 g/mol. The fourth-order valence-electron chi connectivity index (χ4n) is 2.30. The summed E-state index contributed by atoms with van der Waals surface area (Å²) in [6, 6.07) is 0. The third-order valence-corrected chi connectivity index (χ3v) is 3.14. The van der Waals surface area contributed by atoms with Crippen LogP contribution in [0, 0.1) is 11.8 Å². The third-order valence-electron chi connectivity index (χ3n) is 3.14. The Morgan fingerprint density at radius 2 is 2.13 bits per heavy atom. The van der Waals surface area contributed by atoms with Crippen molar-refractivity contribution in [1.29, 1.82) is 0 Å². The zero-order valence-electron chi connectivity index (χ0n) is 8.60. The van der Waals surface area contributed by atoms with E-state index >= 15 is 0 Å². The molecule has 0 saturated heterocycles. The highest BCUT2D eigenvalue weighted by atomic mass is 16.1. The summed E-state index contributed by atoms with van der Waals surface area (Å²) >= 11 is 0. The first-order valence-corrected chi connectivity index (χ1v) is 5.32. The number of carbonyl (C=O) groups excluding carboxylic acids is 1. The Balaban J connectivity index is 2.14. The van der Waals surface area contributed by atoms with Crippen LogP contribution in [0.4, 0.5) is 0 Å². The van der Waals surface area contributed by atoms with Crippen LogP contribution in [-0.4, -0.2) is 22.3 Å². The Labute approximate surface area is 88.9 Å². The predicted molar refractivity (Wildman–Crippen MR) is 56.2 cm³/mol. The van der Waals surface area contributed by atoms with E-state index < -0.39 is 0 Å². The third kappa shape index (κ3) is 2.04. The predicted octanol–water partition coefficient (Wildman–Crippen LogP) is 1.03. The van der Waals surface area contributed by atoms with Gasteiger partial charge in [-0.05, 0) is 25.3 Å². The molecule has 0 unspecified atom stereocenters. The zero-order chi connectivity index (χ0) is 10.7. The number of Topliss-reactive ketones (excluding diaryl/α,β-unsaturated/α-hetero) is 1. The van der Waals surface area contributed by atoms with Crippen LogP contribution >= 0.6 is 0 Å². The van der Waals surface area contributed by atoms with Crippen molar-refractivity contribution < 1.29 is 4.79 Å². The molecule has 15 heavy (non-hydrogen) atoms. The molecule has 0 amide bonds. The summed E-state index contributed by atoms with van der Waals surface area (Å²) in [7, 11) is 0. The molecule has 2 rings (SSSR count). The molecule has 4 nitrogen and oxygen atoms in total. The van der Waals surface area contributed by atoms with Crippen LogP contribution in [0.15, 0.2) is 18.7 Å². The average molecular weight is 205 g/mol. The van der Waals surface area contributed by atoms with Crippen LogP contribution in [0.5, 0.6) is 0 Å². The van der Waals surface area contributed by atoms with E-state index in [9.17, 15) is 4.79 Å². The summed E-state index contributed by atoms with van der Waals surface area (Å²) in [4.78, 5) is 19.8. The van der Waals surface area contributed by atoms with Crippen molar-refractivity contribution in [3.8, 4) is 0 Å². The van der Waals surface area contributed by atoms with E-state index in [2.05, 4.69) is 9.97 Å². The highest BCUT2D eigenvalue weighted by Crippen LogP contribution is 2.33. The van der Waals surface area contributed by atoms with E-state index in [0.29, 0.717) is 18.0 Å². The van der Waals surface area contributed by atoms with Crippen molar-refractivity contribution in [2.45, 2.75) is 19.3 Å². The Hall–Kier alpha value is -1.29. The molecule has 0 aliphatic heterocycles. The highest BCUT2D eigenvalue weighted by Gasteiger charge is 2.32. The second-order valence-corrected chi connectivity index (χ2v) is 4.02. The molecule has 2 N–H and O–H groups in total. The normalized spacial score (nSPS) is 25.4. The minimum absolute atomic E-state index is 0.0843. The first kappa shape index (κ1) is 10.2. The number of carbonyl (C=O) groups is 1. The van der Waals surface area contributed by atoms with Crippen molar-refractivity contribution in [2.75, 3.05) is 6.54 Å². The van der Waals surface area contributed by atoms with Crippen LogP contribution in [-0.2, 0) is 0 Å². The second kappa shape index (κ2) is 4.49. The van der Waals surface area contributed by atoms with E-state index in [4.69, 9.17) is 5.73 Å². The second-order valence-electron chi connectivity index (χ2n) is 4.02. The molecule has 4 heteroatoms. The average Bonchev–Trinajstić information content (AvgIpc) is 2.77. The zero-order valence-corrected chi connectivity index (χ0v) is 8.60. The number of hydrogen-bond donors (Lipinski definition) is 1. The summed E-state index contributed by atoms with van der Waals surface area (Å²) < 4.78 is 0. The molecule has 80 valence electrons. The number of rotatable bonds is 3. The molecular formula is C11H15N3O. The first-order valence-electron chi connectivity index (χ1n) is 5.32. The van der Waals surface area contributed by atoms with Crippen molar-refractivity contribution >= 4 is 5.78 Å². The van der Waals surface area contributed by atoms with Gasteiger partial charge in [0.15, 0.2) is 5.78 Å². The van der Waals surface area contributed by atoms with Crippen LogP contribution in [0.25, 0.3) is 0 Å². The van der Waals surface area contributed by atoms with Gasteiger partial charge in [-0.25, -0.2) is 9.97 Å². The molecule has 0 aromatic carbocycles. The molecule has 2 atom stereocenters. The van der Waals surface area contributed by atoms with Gasteiger partial charge in [-0.2, -0.15) is 0 Å². The number of nitrogens with two attached hydrogens (primary N) is 1. The van der Waals surface area contributed by atoms with Gasteiger partial charge in [0.25, 0.3) is 0 Å². The molecule has 1 fully saturated rings. The number of hydrogen-bond acceptors (Lipinski definition) is 4. The summed E-state index contributed by atoms with van der Waals surface area (Å²) in [5, 5.41) is 0. The van der Waals surface area contributed by atoms with Gasteiger partial charge in [0.2, 0.25) is 0 Å². The molecule has 1 aromatic heterocycles. The molecule has 0 bridgehead atoms. The maximum absolute atomic E-state index is 12.1. The van der Waals surface area contributed by atoms with Gasteiger partial charge in [-0.15, -0.1) is 0 Å². The van der Waals surface area contributed by atoms with Gasteiger partial charge in [0, 0.05) is 18.3 Å².